The number of allylic oxidation sites excluding steroid dienone is 5. The lowest BCUT2D eigenvalue weighted by Gasteiger charge is -2.29. The average molecular weight is 301 g/mol. The zero-order valence-corrected chi connectivity index (χ0v) is 13.5. The Bertz CT molecular complexity index is 492. The van der Waals surface area contributed by atoms with Crippen LogP contribution in [0.4, 0.5) is 0 Å². The molecule has 0 unspecified atom stereocenters. The van der Waals surface area contributed by atoms with Crippen molar-refractivity contribution in [2.45, 2.75) is 57.4 Å². The van der Waals surface area contributed by atoms with Gasteiger partial charge in [0.25, 0.3) is 0 Å². The standard InChI is InChI=1S/C19H27NO2/c1-22-18-4-2-3-15(9-12-18)16-7-5-14(6-8-16)13-19(21)20-17-10-11-17/h2-3,9,12,14,16-17H,4-8,10-11,13H2,1H3,(H,20,21). The van der Waals surface area contributed by atoms with E-state index in [9.17, 15) is 4.79 Å². The Labute approximate surface area is 133 Å². The minimum absolute atomic E-state index is 0.271. The number of rotatable bonds is 5. The first-order chi connectivity index (χ1) is 10.7. The van der Waals surface area contributed by atoms with E-state index in [1.807, 2.05) is 0 Å². The molecule has 3 aliphatic carbocycles. The zero-order chi connectivity index (χ0) is 15.4. The quantitative estimate of drug-likeness (QED) is 0.837. The summed E-state index contributed by atoms with van der Waals surface area (Å²) in [6, 6.07) is 0.492. The van der Waals surface area contributed by atoms with Gasteiger partial charge in [0.05, 0.1) is 12.9 Å². The van der Waals surface area contributed by atoms with Crippen LogP contribution in [0.1, 0.15) is 51.4 Å². The molecule has 22 heavy (non-hydrogen) atoms. The van der Waals surface area contributed by atoms with E-state index in [-0.39, 0.29) is 5.91 Å². The molecular formula is C19H27NO2. The monoisotopic (exact) mass is 301 g/mol. The summed E-state index contributed by atoms with van der Waals surface area (Å²) in [5, 5.41) is 3.11. The Morgan fingerprint density at radius 1 is 1.18 bits per heavy atom. The molecule has 0 radical (unpaired) electrons. The fraction of sp³-hybridized carbons (Fsp3) is 0.632. The summed E-state index contributed by atoms with van der Waals surface area (Å²) in [4.78, 5) is 11.9. The number of amides is 1. The van der Waals surface area contributed by atoms with E-state index in [1.165, 1.54) is 44.1 Å². The Kier molecular flexibility index (Phi) is 5.01. The fourth-order valence-electron chi connectivity index (χ4n) is 3.52. The van der Waals surface area contributed by atoms with E-state index in [0.717, 1.165) is 18.6 Å². The van der Waals surface area contributed by atoms with Crippen LogP contribution < -0.4 is 5.32 Å². The van der Waals surface area contributed by atoms with E-state index < -0.39 is 0 Å². The van der Waals surface area contributed by atoms with Gasteiger partial charge in [-0.05, 0) is 62.0 Å². The first-order valence-corrected chi connectivity index (χ1v) is 8.65. The summed E-state index contributed by atoms with van der Waals surface area (Å²) >= 11 is 0. The molecule has 120 valence electrons. The van der Waals surface area contributed by atoms with Gasteiger partial charge in [0, 0.05) is 18.9 Å². The predicted molar refractivity (Wildman–Crippen MR) is 88.2 cm³/mol. The normalized spacial score (nSPS) is 28.4. The maximum Gasteiger partial charge on any atom is 0.220 e. The Morgan fingerprint density at radius 2 is 1.95 bits per heavy atom. The van der Waals surface area contributed by atoms with Crippen LogP contribution >= 0.6 is 0 Å². The van der Waals surface area contributed by atoms with Crippen LogP contribution in [0.5, 0.6) is 0 Å². The highest BCUT2D eigenvalue weighted by Crippen LogP contribution is 2.36. The van der Waals surface area contributed by atoms with Crippen molar-refractivity contribution < 1.29 is 9.53 Å². The Balaban J connectivity index is 1.47. The highest BCUT2D eigenvalue weighted by atomic mass is 16.5. The van der Waals surface area contributed by atoms with Crippen molar-refractivity contribution in [3.05, 3.63) is 35.6 Å². The van der Waals surface area contributed by atoms with Crippen LogP contribution in [-0.4, -0.2) is 19.1 Å². The molecule has 3 heteroatoms. The van der Waals surface area contributed by atoms with E-state index >= 15 is 0 Å². The molecule has 0 atom stereocenters. The van der Waals surface area contributed by atoms with Gasteiger partial charge in [-0.3, -0.25) is 4.79 Å². The average Bonchev–Trinajstić information content (AvgIpc) is 3.34. The third kappa shape index (κ3) is 4.25. The fourth-order valence-corrected chi connectivity index (χ4v) is 3.52. The predicted octanol–water partition coefficient (Wildman–Crippen LogP) is 3.88. The molecule has 2 fully saturated rings. The Hall–Kier alpha value is -1.51. The lowest BCUT2D eigenvalue weighted by Crippen LogP contribution is -2.28. The second-order valence-electron chi connectivity index (χ2n) is 6.87. The van der Waals surface area contributed by atoms with Crippen LogP contribution in [0.25, 0.3) is 0 Å². The molecule has 0 aromatic rings. The third-order valence-electron chi connectivity index (χ3n) is 5.09. The first-order valence-electron chi connectivity index (χ1n) is 8.65. The molecule has 0 saturated heterocycles. The van der Waals surface area contributed by atoms with Gasteiger partial charge in [-0.15, -0.1) is 0 Å². The van der Waals surface area contributed by atoms with Crippen LogP contribution in [0.15, 0.2) is 35.6 Å². The molecule has 0 aromatic carbocycles. The number of hydrogen-bond acceptors (Lipinski definition) is 2. The number of carbonyl (C=O) groups excluding carboxylic acids is 1. The van der Waals surface area contributed by atoms with Gasteiger partial charge in [0.15, 0.2) is 0 Å². The number of nitrogens with one attached hydrogen (secondary N) is 1. The molecular weight excluding hydrogens is 274 g/mol. The van der Waals surface area contributed by atoms with E-state index in [4.69, 9.17) is 4.74 Å². The maximum absolute atomic E-state index is 11.9. The molecule has 0 bridgehead atoms. The largest absolute Gasteiger partial charge is 0.501 e. The number of carbonyl (C=O) groups is 1. The van der Waals surface area contributed by atoms with Crippen molar-refractivity contribution in [3.63, 3.8) is 0 Å². The zero-order valence-electron chi connectivity index (χ0n) is 13.5. The van der Waals surface area contributed by atoms with E-state index in [2.05, 4.69) is 29.6 Å². The molecule has 0 heterocycles. The molecule has 0 aromatic heterocycles. The smallest absolute Gasteiger partial charge is 0.220 e. The summed E-state index contributed by atoms with van der Waals surface area (Å²) in [6.45, 7) is 0. The molecule has 3 rings (SSSR count). The van der Waals surface area contributed by atoms with Crippen molar-refractivity contribution in [1.29, 1.82) is 0 Å². The highest BCUT2D eigenvalue weighted by Gasteiger charge is 2.27. The molecule has 1 N–H and O–H groups in total. The lowest BCUT2D eigenvalue weighted by molar-refractivity contribution is -0.122. The lowest BCUT2D eigenvalue weighted by atomic mass is 9.77. The summed E-state index contributed by atoms with van der Waals surface area (Å²) in [5.74, 6) is 2.52. The molecule has 0 aliphatic heterocycles. The third-order valence-corrected chi connectivity index (χ3v) is 5.09. The van der Waals surface area contributed by atoms with Crippen LogP contribution in [0.3, 0.4) is 0 Å². The first kappa shape index (κ1) is 15.4. The van der Waals surface area contributed by atoms with Crippen LogP contribution in [-0.2, 0) is 9.53 Å². The minimum atomic E-state index is 0.271. The van der Waals surface area contributed by atoms with Crippen LogP contribution in [0.2, 0.25) is 0 Å². The van der Waals surface area contributed by atoms with E-state index in [1.54, 1.807) is 7.11 Å². The van der Waals surface area contributed by atoms with E-state index in [0.29, 0.717) is 17.9 Å². The van der Waals surface area contributed by atoms with Crippen molar-refractivity contribution >= 4 is 5.91 Å². The van der Waals surface area contributed by atoms with Crippen molar-refractivity contribution in [2.24, 2.45) is 11.8 Å². The number of hydrogen-bond donors (Lipinski definition) is 1. The van der Waals surface area contributed by atoms with Gasteiger partial charge < -0.3 is 10.1 Å². The summed E-state index contributed by atoms with van der Waals surface area (Å²) in [7, 11) is 1.73. The highest BCUT2D eigenvalue weighted by molar-refractivity contribution is 5.76. The molecule has 0 spiro atoms. The van der Waals surface area contributed by atoms with Crippen LogP contribution in [0, 0.1) is 11.8 Å². The minimum Gasteiger partial charge on any atom is -0.501 e. The van der Waals surface area contributed by atoms with Gasteiger partial charge in [-0.25, -0.2) is 0 Å². The molecule has 3 nitrogen and oxygen atoms in total. The molecule has 2 saturated carbocycles. The van der Waals surface area contributed by atoms with Gasteiger partial charge in [-0.2, -0.15) is 0 Å². The summed E-state index contributed by atoms with van der Waals surface area (Å²) < 4.78 is 5.33. The number of methoxy groups -OCH3 is 1. The van der Waals surface area contributed by atoms with Crippen molar-refractivity contribution in [3.8, 4) is 0 Å². The maximum atomic E-state index is 11.9. The van der Waals surface area contributed by atoms with Gasteiger partial charge >= 0.3 is 0 Å². The van der Waals surface area contributed by atoms with Crippen molar-refractivity contribution in [1.82, 2.24) is 5.32 Å². The van der Waals surface area contributed by atoms with Gasteiger partial charge in [-0.1, -0.05) is 18.2 Å². The summed E-state index contributed by atoms with van der Waals surface area (Å²) in [5.41, 5.74) is 1.42. The van der Waals surface area contributed by atoms with Gasteiger partial charge in [0.1, 0.15) is 0 Å². The number of ether oxygens (including phenoxy) is 1. The second kappa shape index (κ2) is 7.17. The molecule has 3 aliphatic rings. The Morgan fingerprint density at radius 3 is 2.64 bits per heavy atom. The SMILES string of the molecule is COC1=CC=C(C2CCC(CC(=O)NC3CC3)CC2)C=CC1. The van der Waals surface area contributed by atoms with Crippen molar-refractivity contribution in [2.75, 3.05) is 7.11 Å². The topological polar surface area (TPSA) is 38.3 Å². The van der Waals surface area contributed by atoms with Gasteiger partial charge in [0.2, 0.25) is 5.91 Å². The second-order valence-corrected chi connectivity index (χ2v) is 6.87. The summed E-state index contributed by atoms with van der Waals surface area (Å²) in [6.07, 6.45) is 17.5. The molecule has 1 amide bonds.